The van der Waals surface area contributed by atoms with Crippen molar-refractivity contribution < 1.29 is 23.9 Å². The minimum absolute atomic E-state index is 0.0737. The van der Waals surface area contributed by atoms with Crippen LogP contribution in [0.3, 0.4) is 0 Å². The van der Waals surface area contributed by atoms with E-state index in [9.17, 15) is 14.9 Å². The third-order valence-electron chi connectivity index (χ3n) is 13.3. The van der Waals surface area contributed by atoms with Crippen LogP contribution in [0.4, 0.5) is 17.1 Å². The molecule has 2 saturated heterocycles. The fourth-order valence-electron chi connectivity index (χ4n) is 10.1. The van der Waals surface area contributed by atoms with Crippen molar-refractivity contribution >= 4 is 46.0 Å². The van der Waals surface area contributed by atoms with E-state index in [2.05, 4.69) is 85.0 Å². The van der Waals surface area contributed by atoms with E-state index in [4.69, 9.17) is 14.2 Å². The molecule has 1 aliphatic carbocycles. The Balaban J connectivity index is 0.845. The molecule has 4 aromatic carbocycles. The molecule has 0 bridgehead atoms. The van der Waals surface area contributed by atoms with E-state index in [0.717, 1.165) is 92.3 Å². The number of carbonyl (C=O) groups is 1. The van der Waals surface area contributed by atoms with Gasteiger partial charge in [0.15, 0.2) is 11.5 Å². The van der Waals surface area contributed by atoms with E-state index in [1.807, 2.05) is 36.5 Å². The van der Waals surface area contributed by atoms with E-state index < -0.39 is 4.92 Å². The number of anilines is 2. The van der Waals surface area contributed by atoms with Gasteiger partial charge >= 0.3 is 0 Å². The zero-order valence-corrected chi connectivity index (χ0v) is 37.0. The molecule has 6 aromatic rings. The van der Waals surface area contributed by atoms with Crippen LogP contribution in [0, 0.1) is 15.5 Å². The van der Waals surface area contributed by atoms with Crippen molar-refractivity contribution in [1.29, 1.82) is 0 Å². The highest BCUT2D eigenvalue weighted by molar-refractivity contribution is 7.98. The summed E-state index contributed by atoms with van der Waals surface area (Å²) in [5.41, 5.74) is 6.65. The molecule has 3 fully saturated rings. The summed E-state index contributed by atoms with van der Waals surface area (Å²) < 4.78 is 21.4. The third kappa shape index (κ3) is 8.19. The first-order valence-corrected chi connectivity index (χ1v) is 22.8. The predicted molar refractivity (Wildman–Crippen MR) is 249 cm³/mol. The van der Waals surface area contributed by atoms with Crippen LogP contribution in [0.1, 0.15) is 65.7 Å². The number of ether oxygens (including phenoxy) is 3. The van der Waals surface area contributed by atoms with Gasteiger partial charge in [0, 0.05) is 104 Å². The van der Waals surface area contributed by atoms with Crippen LogP contribution in [0.2, 0.25) is 0 Å². The molecule has 10 rings (SSSR count). The number of carbonyl (C=O) groups excluding carboxylic acids is 1. The Kier molecular flexibility index (Phi) is 11.3. The number of fused-ring (bicyclic) bond motifs is 2. The van der Waals surface area contributed by atoms with E-state index in [0.29, 0.717) is 52.8 Å². The van der Waals surface area contributed by atoms with Crippen molar-refractivity contribution in [2.75, 3.05) is 63.2 Å². The second-order valence-corrected chi connectivity index (χ2v) is 18.6. The topological polar surface area (TPSA) is 150 Å². The third-order valence-corrected chi connectivity index (χ3v) is 14.0. The van der Waals surface area contributed by atoms with Gasteiger partial charge in [-0.15, -0.1) is 0 Å². The summed E-state index contributed by atoms with van der Waals surface area (Å²) in [5.74, 6) is 2.67. The average Bonchev–Trinajstić information content (AvgIpc) is 3.76. The zero-order valence-electron chi connectivity index (χ0n) is 36.2. The quantitative estimate of drug-likeness (QED) is 0.0577. The number of hydrogen-bond acceptors (Lipinski definition) is 12. The van der Waals surface area contributed by atoms with Gasteiger partial charge in [0.1, 0.15) is 36.0 Å². The molecule has 3 aliphatic heterocycles. The number of hydrogen-bond donors (Lipinski definition) is 3. The smallest absolute Gasteiger partial charge is 0.293 e. The molecule has 4 aliphatic rings. The summed E-state index contributed by atoms with van der Waals surface area (Å²) in [6, 6.07) is 30.4. The number of H-pyrrole nitrogens is 1. The summed E-state index contributed by atoms with van der Waals surface area (Å²) in [5, 5.41) is 15.4. The first-order chi connectivity index (χ1) is 31.1. The first kappa shape index (κ1) is 41.7. The number of rotatable bonds is 13. The standard InChI is InChI=1S/C49H52N8O6S/c1-31(2)38-8-4-5-9-39(38)43-28-54(27-33-7-6-10-44-46(33)62-20-19-61-44)17-18-56(43)35-24-49(25-35)29-55(30-49)34-11-13-40(45(22-34)63-36-21-32-15-16-51-47(32)52-26-36)48(58)53-64-37-12-14-41(50-3)42(23-37)57(59)60/h4-16,21-23,26,31,35,43,50H,17-20,24-25,27-30H2,1-3H3,(H,51,52)(H,53,58)/t43-/m1/s1. The highest BCUT2D eigenvalue weighted by Crippen LogP contribution is 2.54. The number of nitro groups is 1. The number of aromatic nitrogens is 2. The fourth-order valence-corrected chi connectivity index (χ4v) is 10.7. The molecule has 330 valence electrons. The minimum atomic E-state index is -0.447. The fraction of sp³-hybridized carbons (Fsp3) is 0.347. The number of pyridine rings is 1. The van der Waals surface area contributed by atoms with Crippen LogP contribution in [0.25, 0.3) is 11.0 Å². The number of benzene rings is 4. The molecule has 14 nitrogen and oxygen atoms in total. The number of aromatic amines is 1. The first-order valence-electron chi connectivity index (χ1n) is 22.0. The van der Waals surface area contributed by atoms with Gasteiger partial charge in [-0.2, -0.15) is 0 Å². The molecule has 0 radical (unpaired) electrons. The summed E-state index contributed by atoms with van der Waals surface area (Å²) in [4.78, 5) is 40.9. The van der Waals surface area contributed by atoms with Crippen molar-refractivity contribution in [3.63, 3.8) is 0 Å². The van der Waals surface area contributed by atoms with Crippen LogP contribution in [-0.4, -0.2) is 89.6 Å². The average molecular weight is 881 g/mol. The van der Waals surface area contributed by atoms with Crippen molar-refractivity contribution in [3.8, 4) is 23.0 Å². The Morgan fingerprint density at radius 1 is 1.02 bits per heavy atom. The molecule has 1 spiro atoms. The van der Waals surface area contributed by atoms with E-state index >= 15 is 0 Å². The summed E-state index contributed by atoms with van der Waals surface area (Å²) in [6.45, 7) is 11.4. The largest absolute Gasteiger partial charge is 0.486 e. The maximum atomic E-state index is 13.8. The van der Waals surface area contributed by atoms with Crippen LogP contribution in [0.5, 0.6) is 23.0 Å². The molecule has 15 heteroatoms. The normalized spacial score (nSPS) is 18.4. The Bertz CT molecular complexity index is 2710. The Labute approximate surface area is 376 Å². The molecule has 3 N–H and O–H groups in total. The summed E-state index contributed by atoms with van der Waals surface area (Å²) >= 11 is 1.02. The van der Waals surface area contributed by atoms with Gasteiger partial charge in [-0.1, -0.05) is 50.2 Å². The number of amides is 1. The van der Waals surface area contributed by atoms with Gasteiger partial charge in [-0.05, 0) is 84.3 Å². The molecular weight excluding hydrogens is 829 g/mol. The lowest BCUT2D eigenvalue weighted by atomic mass is 9.59. The number of piperazine rings is 1. The molecular formula is C49H52N8O6S. The number of nitrogens with one attached hydrogen (secondary N) is 3. The van der Waals surface area contributed by atoms with Crippen molar-refractivity contribution in [2.45, 2.75) is 56.1 Å². The monoisotopic (exact) mass is 880 g/mol. The molecule has 1 amide bonds. The lowest BCUT2D eigenvalue weighted by Crippen LogP contribution is -2.68. The lowest BCUT2D eigenvalue weighted by molar-refractivity contribution is -0.384. The number of nitro benzene ring substituents is 1. The Morgan fingerprint density at radius 3 is 2.69 bits per heavy atom. The highest BCUT2D eigenvalue weighted by atomic mass is 32.2. The Morgan fingerprint density at radius 2 is 1.86 bits per heavy atom. The SMILES string of the molecule is CNc1ccc(SNC(=O)c2ccc(N3CC4(CC(N5CCN(Cc6cccc7c6OCCO7)C[C@@H]5c5ccccc5C(C)C)C4)C3)cc2Oc2cnc3[nH]ccc3c2)cc1[N+](=O)[O-]. The van der Waals surface area contributed by atoms with Crippen LogP contribution < -0.4 is 29.1 Å². The molecule has 1 saturated carbocycles. The molecule has 2 aromatic heterocycles. The second-order valence-electron chi connectivity index (χ2n) is 17.7. The van der Waals surface area contributed by atoms with Gasteiger partial charge in [0.25, 0.3) is 11.6 Å². The van der Waals surface area contributed by atoms with E-state index in [1.165, 1.54) is 22.8 Å². The molecule has 64 heavy (non-hydrogen) atoms. The Hall–Kier alpha value is -6.29. The van der Waals surface area contributed by atoms with Crippen molar-refractivity contribution in [3.05, 3.63) is 136 Å². The van der Waals surface area contributed by atoms with Gasteiger partial charge in [0.2, 0.25) is 0 Å². The van der Waals surface area contributed by atoms with E-state index in [-0.39, 0.29) is 23.1 Å². The van der Waals surface area contributed by atoms with Crippen LogP contribution in [-0.2, 0) is 6.54 Å². The van der Waals surface area contributed by atoms with Gasteiger partial charge in [-0.3, -0.25) is 29.4 Å². The summed E-state index contributed by atoms with van der Waals surface area (Å²) in [7, 11) is 1.63. The highest BCUT2D eigenvalue weighted by Gasteiger charge is 2.55. The molecule has 0 unspecified atom stereocenters. The molecule has 1 atom stereocenters. The second kappa shape index (κ2) is 17.4. The lowest BCUT2D eigenvalue weighted by Gasteiger charge is -2.63. The van der Waals surface area contributed by atoms with Crippen LogP contribution in [0.15, 0.2) is 108 Å². The maximum absolute atomic E-state index is 13.8. The predicted octanol–water partition coefficient (Wildman–Crippen LogP) is 9.16. The van der Waals surface area contributed by atoms with Gasteiger partial charge < -0.3 is 29.4 Å². The molecule has 5 heterocycles. The van der Waals surface area contributed by atoms with Crippen molar-refractivity contribution in [1.82, 2.24) is 24.5 Å². The maximum Gasteiger partial charge on any atom is 0.293 e. The number of para-hydroxylation sites is 1. The minimum Gasteiger partial charge on any atom is -0.486 e. The van der Waals surface area contributed by atoms with Crippen molar-refractivity contribution in [2.24, 2.45) is 5.41 Å². The number of nitrogens with zero attached hydrogens (tertiary/aromatic N) is 5. The zero-order chi connectivity index (χ0) is 44.0. The van der Waals surface area contributed by atoms with Gasteiger partial charge in [0.05, 0.1) is 16.7 Å². The summed E-state index contributed by atoms with van der Waals surface area (Å²) in [6.07, 6.45) is 5.74. The van der Waals surface area contributed by atoms with Crippen LogP contribution >= 0.6 is 11.9 Å². The van der Waals surface area contributed by atoms with Gasteiger partial charge in [-0.25, -0.2) is 4.98 Å². The van der Waals surface area contributed by atoms with E-state index in [1.54, 1.807) is 31.4 Å².